The zero-order chi connectivity index (χ0) is 15.1. The molecule has 22 heavy (non-hydrogen) atoms. The van der Waals surface area contributed by atoms with Crippen LogP contribution in [0.2, 0.25) is 0 Å². The molecule has 0 fully saturated rings. The lowest BCUT2D eigenvalue weighted by molar-refractivity contribution is -0.384. The number of rotatable bonds is 2. The van der Waals surface area contributed by atoms with Gasteiger partial charge in [-0.1, -0.05) is 24.3 Å². The standard InChI is InChI=1S/C16H10N4O2/c21-20(22)11-6-8-13-15(9-11)19-16(18-13)14-7-5-10-3-1-2-4-12(10)17-14/h1-9H,(H,18,19). The maximum Gasteiger partial charge on any atom is 0.271 e. The molecule has 106 valence electrons. The molecule has 0 aliphatic heterocycles. The van der Waals surface area contributed by atoms with Gasteiger partial charge in [0, 0.05) is 17.5 Å². The van der Waals surface area contributed by atoms with E-state index in [0.29, 0.717) is 22.6 Å². The number of imidazole rings is 1. The van der Waals surface area contributed by atoms with E-state index in [2.05, 4.69) is 15.0 Å². The maximum absolute atomic E-state index is 10.8. The van der Waals surface area contributed by atoms with Gasteiger partial charge < -0.3 is 4.98 Å². The van der Waals surface area contributed by atoms with Gasteiger partial charge in [0.1, 0.15) is 5.69 Å². The van der Waals surface area contributed by atoms with Gasteiger partial charge in [-0.2, -0.15) is 0 Å². The summed E-state index contributed by atoms with van der Waals surface area (Å²) in [5, 5.41) is 11.9. The van der Waals surface area contributed by atoms with Gasteiger partial charge in [-0.15, -0.1) is 0 Å². The molecule has 0 radical (unpaired) electrons. The number of para-hydroxylation sites is 1. The van der Waals surface area contributed by atoms with Gasteiger partial charge >= 0.3 is 0 Å². The molecule has 1 N–H and O–H groups in total. The molecule has 6 heteroatoms. The van der Waals surface area contributed by atoms with E-state index in [1.807, 2.05) is 36.4 Å². The average molecular weight is 290 g/mol. The predicted octanol–water partition coefficient (Wildman–Crippen LogP) is 3.69. The number of H-pyrrole nitrogens is 1. The van der Waals surface area contributed by atoms with Crippen molar-refractivity contribution in [2.24, 2.45) is 0 Å². The van der Waals surface area contributed by atoms with Crippen LogP contribution >= 0.6 is 0 Å². The van der Waals surface area contributed by atoms with E-state index in [0.717, 1.165) is 10.9 Å². The second-order valence-corrected chi connectivity index (χ2v) is 4.93. The molecule has 4 aromatic rings. The molecule has 0 bridgehead atoms. The zero-order valence-corrected chi connectivity index (χ0v) is 11.4. The van der Waals surface area contributed by atoms with Gasteiger partial charge in [0.05, 0.1) is 21.5 Å². The summed E-state index contributed by atoms with van der Waals surface area (Å²) in [6, 6.07) is 16.2. The van der Waals surface area contributed by atoms with Crippen LogP contribution in [0.3, 0.4) is 0 Å². The Balaban J connectivity index is 1.86. The Morgan fingerprint density at radius 1 is 0.955 bits per heavy atom. The highest BCUT2D eigenvalue weighted by Crippen LogP contribution is 2.24. The summed E-state index contributed by atoms with van der Waals surface area (Å²) in [4.78, 5) is 22.5. The van der Waals surface area contributed by atoms with Crippen LogP contribution in [0.25, 0.3) is 33.5 Å². The number of pyridine rings is 1. The van der Waals surface area contributed by atoms with E-state index in [1.165, 1.54) is 12.1 Å². The molecule has 0 amide bonds. The number of hydrogen-bond acceptors (Lipinski definition) is 4. The fourth-order valence-corrected chi connectivity index (χ4v) is 2.43. The SMILES string of the molecule is O=[N+]([O-])c1ccc2nc(-c3ccc4ccccc4n3)[nH]c2c1. The van der Waals surface area contributed by atoms with Gasteiger partial charge in [0.25, 0.3) is 5.69 Å². The van der Waals surface area contributed by atoms with Crippen molar-refractivity contribution in [3.63, 3.8) is 0 Å². The Morgan fingerprint density at radius 2 is 1.82 bits per heavy atom. The first-order valence-corrected chi connectivity index (χ1v) is 6.71. The van der Waals surface area contributed by atoms with Crippen molar-refractivity contribution in [1.29, 1.82) is 0 Å². The Hall–Kier alpha value is -3.28. The van der Waals surface area contributed by atoms with Crippen molar-refractivity contribution in [3.05, 3.63) is 64.7 Å². The number of aromatic amines is 1. The largest absolute Gasteiger partial charge is 0.336 e. The smallest absolute Gasteiger partial charge is 0.271 e. The highest BCUT2D eigenvalue weighted by Gasteiger charge is 2.11. The molecule has 0 saturated carbocycles. The van der Waals surface area contributed by atoms with Crippen molar-refractivity contribution in [3.8, 4) is 11.5 Å². The molecule has 0 atom stereocenters. The van der Waals surface area contributed by atoms with Gasteiger partial charge in [0.2, 0.25) is 0 Å². The third-order valence-corrected chi connectivity index (χ3v) is 3.52. The van der Waals surface area contributed by atoms with E-state index in [9.17, 15) is 10.1 Å². The minimum Gasteiger partial charge on any atom is -0.336 e. The number of benzene rings is 2. The highest BCUT2D eigenvalue weighted by molar-refractivity contribution is 5.84. The lowest BCUT2D eigenvalue weighted by Crippen LogP contribution is -1.87. The lowest BCUT2D eigenvalue weighted by Gasteiger charge is -1.99. The molecule has 4 rings (SSSR count). The summed E-state index contributed by atoms with van der Waals surface area (Å²) in [5.74, 6) is 0.598. The van der Waals surface area contributed by atoms with E-state index in [1.54, 1.807) is 6.07 Å². The number of fused-ring (bicyclic) bond motifs is 2. The summed E-state index contributed by atoms with van der Waals surface area (Å²) in [6.45, 7) is 0. The zero-order valence-electron chi connectivity index (χ0n) is 11.4. The first-order chi connectivity index (χ1) is 10.7. The quantitative estimate of drug-likeness (QED) is 0.450. The minimum absolute atomic E-state index is 0.0363. The van der Waals surface area contributed by atoms with E-state index in [4.69, 9.17) is 0 Å². The van der Waals surface area contributed by atoms with E-state index < -0.39 is 4.92 Å². The maximum atomic E-state index is 10.8. The summed E-state index contributed by atoms with van der Waals surface area (Å²) in [6.07, 6.45) is 0. The summed E-state index contributed by atoms with van der Waals surface area (Å²) >= 11 is 0. The third-order valence-electron chi connectivity index (χ3n) is 3.52. The van der Waals surface area contributed by atoms with Gasteiger partial charge in [-0.25, -0.2) is 9.97 Å². The molecule has 0 aliphatic carbocycles. The number of nitro benzene ring substituents is 1. The van der Waals surface area contributed by atoms with E-state index >= 15 is 0 Å². The number of aromatic nitrogens is 3. The highest BCUT2D eigenvalue weighted by atomic mass is 16.6. The molecule has 0 aliphatic rings. The summed E-state index contributed by atoms with van der Waals surface area (Å²) in [5.41, 5.74) is 2.92. The number of nitro groups is 1. The second-order valence-electron chi connectivity index (χ2n) is 4.93. The van der Waals surface area contributed by atoms with Crippen molar-refractivity contribution < 1.29 is 4.92 Å². The molecule has 0 saturated heterocycles. The molecular formula is C16H10N4O2. The van der Waals surface area contributed by atoms with Crippen molar-refractivity contribution in [1.82, 2.24) is 15.0 Å². The van der Waals surface area contributed by atoms with Crippen LogP contribution < -0.4 is 0 Å². The number of non-ortho nitro benzene ring substituents is 1. The molecular weight excluding hydrogens is 280 g/mol. The molecule has 2 heterocycles. The number of nitrogens with one attached hydrogen (secondary N) is 1. The van der Waals surface area contributed by atoms with Crippen LogP contribution in [0.4, 0.5) is 5.69 Å². The van der Waals surface area contributed by atoms with Crippen LogP contribution in [0, 0.1) is 10.1 Å². The van der Waals surface area contributed by atoms with Crippen molar-refractivity contribution in [2.75, 3.05) is 0 Å². The van der Waals surface area contributed by atoms with Gasteiger partial charge in [-0.3, -0.25) is 10.1 Å². The Bertz CT molecular complexity index is 1020. The third kappa shape index (κ3) is 1.98. The van der Waals surface area contributed by atoms with Crippen molar-refractivity contribution >= 4 is 27.6 Å². The normalized spacial score (nSPS) is 11.1. The minimum atomic E-state index is -0.422. The lowest BCUT2D eigenvalue weighted by atomic mass is 10.2. The van der Waals surface area contributed by atoms with E-state index in [-0.39, 0.29) is 5.69 Å². The van der Waals surface area contributed by atoms with Crippen LogP contribution in [0.1, 0.15) is 0 Å². The Labute approximate surface area is 124 Å². The molecule has 6 nitrogen and oxygen atoms in total. The fourth-order valence-electron chi connectivity index (χ4n) is 2.43. The molecule has 0 spiro atoms. The topological polar surface area (TPSA) is 84.7 Å². The molecule has 0 unspecified atom stereocenters. The summed E-state index contributed by atoms with van der Waals surface area (Å²) in [7, 11) is 0. The second kappa shape index (κ2) is 4.63. The number of hydrogen-bond donors (Lipinski definition) is 1. The summed E-state index contributed by atoms with van der Waals surface area (Å²) < 4.78 is 0. The van der Waals surface area contributed by atoms with Crippen LogP contribution in [0.15, 0.2) is 54.6 Å². The molecule has 2 aromatic heterocycles. The van der Waals surface area contributed by atoms with Gasteiger partial charge in [-0.05, 0) is 18.2 Å². The van der Waals surface area contributed by atoms with Crippen LogP contribution in [0.5, 0.6) is 0 Å². The number of nitrogens with zero attached hydrogens (tertiary/aromatic N) is 3. The monoisotopic (exact) mass is 290 g/mol. The van der Waals surface area contributed by atoms with Gasteiger partial charge in [0.15, 0.2) is 5.82 Å². The first kappa shape index (κ1) is 12.5. The van der Waals surface area contributed by atoms with Crippen LogP contribution in [-0.4, -0.2) is 19.9 Å². The average Bonchev–Trinajstić information content (AvgIpc) is 2.97. The molecule has 2 aromatic carbocycles. The predicted molar refractivity (Wildman–Crippen MR) is 83.5 cm³/mol. The first-order valence-electron chi connectivity index (χ1n) is 6.71. The Kier molecular flexibility index (Phi) is 2.62. The Morgan fingerprint density at radius 3 is 2.68 bits per heavy atom. The fraction of sp³-hybridized carbons (Fsp3) is 0. The van der Waals surface area contributed by atoms with Crippen molar-refractivity contribution in [2.45, 2.75) is 0 Å². The van der Waals surface area contributed by atoms with Crippen LogP contribution in [-0.2, 0) is 0 Å².